The molecule has 1 saturated carbocycles. The first-order chi connectivity index (χ1) is 12.7. The highest BCUT2D eigenvalue weighted by Crippen LogP contribution is 2.36. The van der Waals surface area contributed by atoms with Gasteiger partial charge < -0.3 is 14.7 Å². The van der Waals surface area contributed by atoms with Crippen LogP contribution in [-0.4, -0.2) is 21.8 Å². The number of phenols is 1. The molecule has 4 rings (SSSR count). The average molecular weight is 370 g/mol. The molecule has 0 unspecified atom stereocenters. The van der Waals surface area contributed by atoms with Crippen LogP contribution < -0.4 is 9.62 Å². The van der Waals surface area contributed by atoms with Crippen molar-refractivity contribution in [1.29, 1.82) is 0 Å². The molecule has 0 aromatic heterocycles. The predicted molar refractivity (Wildman–Crippen MR) is 104 cm³/mol. The summed E-state index contributed by atoms with van der Waals surface area (Å²) in [7, 11) is 0. The molecule has 6 heteroatoms. The highest BCUT2D eigenvalue weighted by atomic mass is 32.2. The summed E-state index contributed by atoms with van der Waals surface area (Å²) in [6.07, 6.45) is 5.91. The number of carbonyl (C=O) groups excluding carboxylic acids is 1. The summed E-state index contributed by atoms with van der Waals surface area (Å²) in [5.41, 5.74) is 4.28. The van der Waals surface area contributed by atoms with Crippen LogP contribution in [0.3, 0.4) is 0 Å². The van der Waals surface area contributed by atoms with Gasteiger partial charge in [-0.3, -0.25) is 4.79 Å². The molecule has 2 aliphatic rings. The molecule has 2 aromatic rings. The van der Waals surface area contributed by atoms with Gasteiger partial charge in [-0.1, -0.05) is 25.0 Å². The molecule has 2 aromatic carbocycles. The molecule has 136 valence electrons. The number of hydrogen-bond acceptors (Lipinski definition) is 3. The Morgan fingerprint density at radius 1 is 1.12 bits per heavy atom. The van der Waals surface area contributed by atoms with E-state index in [2.05, 4.69) is 16.9 Å². The van der Waals surface area contributed by atoms with Crippen molar-refractivity contribution in [2.24, 2.45) is 0 Å². The number of amides is 1. The molecule has 0 radical (unpaired) electrons. The van der Waals surface area contributed by atoms with Gasteiger partial charge in [0.2, 0.25) is 0 Å². The Morgan fingerprint density at radius 3 is 2.69 bits per heavy atom. The zero-order chi connectivity index (χ0) is 18.1. The number of hydrogen-bond donors (Lipinski definition) is 3. The topological polar surface area (TPSA) is 69.6 Å². The minimum Gasteiger partial charge on any atom is -0.506 e. The number of rotatable bonds is 4. The van der Waals surface area contributed by atoms with Crippen LogP contribution in [0.5, 0.6) is 5.75 Å². The summed E-state index contributed by atoms with van der Waals surface area (Å²) >= 11 is -0.299. The lowest BCUT2D eigenvalue weighted by molar-refractivity contribution is 0.0980. The molecule has 1 aliphatic heterocycles. The Hall–Kier alpha value is -2.34. The van der Waals surface area contributed by atoms with E-state index in [4.69, 9.17) is 0 Å². The first-order valence-electron chi connectivity index (χ1n) is 9.03. The van der Waals surface area contributed by atoms with Gasteiger partial charge in [-0.15, -0.1) is 0 Å². The van der Waals surface area contributed by atoms with E-state index in [1.165, 1.54) is 37.3 Å². The molecule has 2 N–H and O–H groups in total. The van der Waals surface area contributed by atoms with Crippen molar-refractivity contribution < 1.29 is 14.1 Å². The van der Waals surface area contributed by atoms with Crippen LogP contribution in [0.2, 0.25) is 0 Å². The maximum Gasteiger partial charge on any atom is 0.258 e. The quantitative estimate of drug-likeness (QED) is 0.570. The normalized spacial score (nSPS) is 17.4. The van der Waals surface area contributed by atoms with Gasteiger partial charge in [-0.2, -0.15) is 0 Å². The maximum absolute atomic E-state index is 13.0. The maximum atomic E-state index is 13.0. The average Bonchev–Trinajstić information content (AvgIpc) is 3.19. The molecular formula is C20H22N2O3S. The molecule has 5 nitrogen and oxygen atoms in total. The van der Waals surface area contributed by atoms with Crippen LogP contribution in [0.4, 0.5) is 11.4 Å². The van der Waals surface area contributed by atoms with Crippen LogP contribution in [0.1, 0.15) is 53.1 Å². The summed E-state index contributed by atoms with van der Waals surface area (Å²) in [6.45, 7) is 0.596. The smallest absolute Gasteiger partial charge is 0.258 e. The van der Waals surface area contributed by atoms with E-state index in [0.29, 0.717) is 23.8 Å². The number of nitrogens with zero attached hydrogens (tertiary/aromatic N) is 1. The van der Waals surface area contributed by atoms with Crippen molar-refractivity contribution >= 4 is 29.1 Å². The van der Waals surface area contributed by atoms with Crippen molar-refractivity contribution in [3.63, 3.8) is 0 Å². The first-order valence-corrected chi connectivity index (χ1v) is 9.84. The van der Waals surface area contributed by atoms with Crippen LogP contribution in [0.25, 0.3) is 0 Å². The van der Waals surface area contributed by atoms with Gasteiger partial charge in [0, 0.05) is 17.8 Å². The fourth-order valence-electron chi connectivity index (χ4n) is 4.10. The zero-order valence-electron chi connectivity index (χ0n) is 14.4. The summed E-state index contributed by atoms with van der Waals surface area (Å²) in [6, 6.07) is 11.2. The third kappa shape index (κ3) is 3.09. The second-order valence-corrected chi connectivity index (χ2v) is 7.42. The fraction of sp³-hybridized carbons (Fsp3) is 0.350. The molecule has 1 amide bonds. The highest BCUT2D eigenvalue weighted by Gasteiger charge is 2.27. The van der Waals surface area contributed by atoms with Crippen molar-refractivity contribution in [3.05, 3.63) is 53.1 Å². The molecular weight excluding hydrogens is 348 g/mol. The molecule has 1 aliphatic carbocycles. The zero-order valence-corrected chi connectivity index (χ0v) is 15.3. The lowest BCUT2D eigenvalue weighted by Crippen LogP contribution is -2.37. The molecule has 1 heterocycles. The van der Waals surface area contributed by atoms with E-state index in [1.807, 2.05) is 6.07 Å². The number of anilines is 2. The van der Waals surface area contributed by atoms with Crippen molar-refractivity contribution in [2.75, 3.05) is 16.2 Å². The molecule has 0 atom stereocenters. The lowest BCUT2D eigenvalue weighted by Gasteiger charge is -2.29. The van der Waals surface area contributed by atoms with Gasteiger partial charge in [-0.25, -0.2) is 4.21 Å². The van der Waals surface area contributed by atoms with Gasteiger partial charge in [-0.05, 0) is 60.6 Å². The summed E-state index contributed by atoms with van der Waals surface area (Å²) < 4.78 is 13.3. The van der Waals surface area contributed by atoms with Crippen molar-refractivity contribution in [3.8, 4) is 5.75 Å². The lowest BCUT2D eigenvalue weighted by atomic mass is 9.90. The fourth-order valence-corrected chi connectivity index (χ4v) is 4.38. The Labute approximate surface area is 156 Å². The number of phenolic OH excluding ortho intramolecular Hbond substituents is 1. The molecule has 0 spiro atoms. The van der Waals surface area contributed by atoms with Gasteiger partial charge in [0.25, 0.3) is 5.91 Å². The highest BCUT2D eigenvalue weighted by molar-refractivity contribution is 7.67. The summed E-state index contributed by atoms with van der Waals surface area (Å²) in [5, 5.41) is 9.81. The Kier molecular flexibility index (Phi) is 4.68. The largest absolute Gasteiger partial charge is 0.506 e. The minimum atomic E-state index is -0.299. The van der Waals surface area contributed by atoms with E-state index >= 15 is 0 Å². The van der Waals surface area contributed by atoms with Crippen LogP contribution in [0, 0.1) is 0 Å². The molecule has 0 bridgehead atoms. The molecule has 26 heavy (non-hydrogen) atoms. The second kappa shape index (κ2) is 7.11. The van der Waals surface area contributed by atoms with E-state index in [1.54, 1.807) is 17.0 Å². The van der Waals surface area contributed by atoms with Crippen LogP contribution >= 0.6 is 0 Å². The summed E-state index contributed by atoms with van der Waals surface area (Å²) in [5.74, 6) is 0.620. The second-order valence-electron chi connectivity index (χ2n) is 7.01. The predicted octanol–water partition coefficient (Wildman–Crippen LogP) is 3.52. The monoisotopic (exact) mass is 370 g/mol. The van der Waals surface area contributed by atoms with E-state index in [0.717, 1.165) is 17.5 Å². The van der Waals surface area contributed by atoms with E-state index in [9.17, 15) is 14.1 Å². The number of carbonyl (C=O) groups is 1. The number of fused-ring (bicyclic) bond motifs is 1. The van der Waals surface area contributed by atoms with Gasteiger partial charge >= 0.3 is 0 Å². The van der Waals surface area contributed by atoms with Gasteiger partial charge in [0.1, 0.15) is 17.6 Å². The third-order valence-corrected chi connectivity index (χ3v) is 5.83. The van der Waals surface area contributed by atoms with Crippen molar-refractivity contribution in [2.45, 2.75) is 38.0 Å². The molecule has 0 saturated heterocycles. The number of nitrogens with one attached hydrogen (secondary N) is 1. The molecule has 1 fully saturated rings. The van der Waals surface area contributed by atoms with E-state index < -0.39 is 0 Å². The number of benzene rings is 2. The Morgan fingerprint density at radius 2 is 1.92 bits per heavy atom. The Bertz CT molecular complexity index is 862. The number of aromatic hydroxyl groups is 1. The Balaban J connectivity index is 1.62. The van der Waals surface area contributed by atoms with Crippen LogP contribution in [-0.2, 0) is 18.3 Å². The standard InChI is InChI=1S/C20H22N2O3S/c23-19-8-6-16(12-18(19)21-26-25)22-10-9-15-11-14(13-3-1-2-4-13)5-7-17(15)20(22)24/h5-8,11-13,23,26H,1-4,9-10H2,(H,21,25). The van der Waals surface area contributed by atoms with E-state index in [-0.39, 0.29) is 23.5 Å². The summed E-state index contributed by atoms with van der Waals surface area (Å²) in [4.78, 5) is 14.7. The first kappa shape index (κ1) is 17.1. The van der Waals surface area contributed by atoms with Crippen molar-refractivity contribution in [1.82, 2.24) is 0 Å². The number of thiol groups is 1. The third-order valence-electron chi connectivity index (χ3n) is 5.49. The van der Waals surface area contributed by atoms with Crippen LogP contribution in [0.15, 0.2) is 36.4 Å². The minimum absolute atomic E-state index is 0.00293. The SMILES string of the molecule is O=[SH]Nc1cc(N2CCc3cc(C4CCCC4)ccc3C2=O)ccc1O. The van der Waals surface area contributed by atoms with Gasteiger partial charge in [0.15, 0.2) is 0 Å². The van der Waals surface area contributed by atoms with Gasteiger partial charge in [0.05, 0.1) is 5.69 Å².